The van der Waals surface area contributed by atoms with E-state index in [0.717, 1.165) is 10.2 Å². The molecule has 0 spiro atoms. The van der Waals surface area contributed by atoms with Crippen LogP contribution in [-0.2, 0) is 0 Å². The Morgan fingerprint density at radius 3 is 2.67 bits per heavy atom. The maximum atomic E-state index is 10.9. The predicted octanol–water partition coefficient (Wildman–Crippen LogP) is -3.54. The van der Waals surface area contributed by atoms with Gasteiger partial charge in [-0.3, -0.25) is 0 Å². The number of hydrogen-bond acceptors (Lipinski definition) is 4. The van der Waals surface area contributed by atoms with Crippen LogP contribution in [0.5, 0.6) is 5.75 Å². The normalized spacial score (nSPS) is 8.80. The predicted molar refractivity (Wildman–Crippen MR) is 54.6 cm³/mol. The molecule has 0 bridgehead atoms. The first-order chi connectivity index (χ1) is 6.79. The van der Waals surface area contributed by atoms with Gasteiger partial charge in [0.1, 0.15) is 0 Å². The molecule has 0 fully saturated rings. The van der Waals surface area contributed by atoms with E-state index >= 15 is 0 Å². The van der Waals surface area contributed by atoms with Gasteiger partial charge in [-0.2, -0.15) is 0 Å². The van der Waals surface area contributed by atoms with Crippen LogP contribution in [0.3, 0.4) is 0 Å². The molecule has 0 aliphatic rings. The average Bonchev–Trinajstić information content (AvgIpc) is 2.62. The molecule has 1 heterocycles. The van der Waals surface area contributed by atoms with Gasteiger partial charge in [0.25, 0.3) is 5.13 Å². The summed E-state index contributed by atoms with van der Waals surface area (Å²) < 4.78 is 0.826. The van der Waals surface area contributed by atoms with Gasteiger partial charge in [-0.15, -0.1) is 11.3 Å². The van der Waals surface area contributed by atoms with E-state index in [1.54, 1.807) is 6.07 Å². The zero-order valence-corrected chi connectivity index (χ0v) is 19.2. The molecule has 0 radical (unpaired) electrons. The molecule has 0 unspecified atom stereocenters. The zero-order chi connectivity index (χ0) is 10.6. The summed E-state index contributed by atoms with van der Waals surface area (Å²) in [6.45, 7) is 0. The third kappa shape index (κ3) is 5.93. The SMILES string of the molecule is [K+].[K][K].[NH2+]=Nc1nc2ccc([O-])cc2s1. The molecule has 1 aromatic carbocycles. The van der Waals surface area contributed by atoms with Gasteiger partial charge < -0.3 is 5.11 Å². The fourth-order valence-corrected chi connectivity index (χ4v) is 1.73. The van der Waals surface area contributed by atoms with Crippen LogP contribution in [0.15, 0.2) is 23.3 Å². The maximum Gasteiger partial charge on any atom is 0.275 e. The van der Waals surface area contributed by atoms with E-state index in [9.17, 15) is 5.11 Å². The molecule has 0 aliphatic heterocycles. The first-order valence-corrected chi connectivity index (χ1v) is 21.1. The van der Waals surface area contributed by atoms with E-state index in [-0.39, 0.29) is 57.1 Å². The van der Waals surface area contributed by atoms with Crippen LogP contribution in [0.4, 0.5) is 5.13 Å². The number of rotatable bonds is 1. The van der Waals surface area contributed by atoms with Gasteiger partial charge >= 0.3 is 115 Å². The van der Waals surface area contributed by atoms with E-state index < -0.39 is 0 Å². The van der Waals surface area contributed by atoms with Crippen LogP contribution in [0.2, 0.25) is 0 Å². The van der Waals surface area contributed by atoms with E-state index in [0.29, 0.717) is 5.13 Å². The summed E-state index contributed by atoms with van der Waals surface area (Å²) in [5.74, 6) is -0.0188. The third-order valence-electron chi connectivity index (χ3n) is 1.46. The van der Waals surface area contributed by atoms with Gasteiger partial charge in [0, 0.05) is 5.11 Å². The fourth-order valence-electron chi connectivity index (χ4n) is 0.948. The first kappa shape index (κ1) is 18.4. The Balaban J connectivity index is 0.000000617. The molecule has 2 rings (SSSR count). The van der Waals surface area contributed by atoms with Crippen molar-refractivity contribution >= 4 is 89.8 Å². The van der Waals surface area contributed by atoms with Crippen LogP contribution in [0.25, 0.3) is 10.2 Å². The second-order valence-electron chi connectivity index (χ2n) is 2.26. The number of nitrogens with two attached hydrogens (primary N) is 1. The monoisotopic (exact) mass is 296 g/mol. The molecule has 0 aliphatic carbocycles. The van der Waals surface area contributed by atoms with Gasteiger partial charge in [-0.05, 0) is 6.07 Å². The molecular weight excluding hydrogens is 291 g/mol. The van der Waals surface area contributed by atoms with Crippen molar-refractivity contribution in [3.8, 4) is 5.75 Å². The second kappa shape index (κ2) is 10.2. The van der Waals surface area contributed by atoms with Gasteiger partial charge in [0.05, 0.1) is 10.2 Å². The maximum absolute atomic E-state index is 10.9. The van der Waals surface area contributed by atoms with Gasteiger partial charge in [-0.1, -0.05) is 23.5 Å². The molecular formula is C7H5K3N3OS+. The Morgan fingerprint density at radius 2 is 2.07 bits per heavy atom. The van der Waals surface area contributed by atoms with Crippen molar-refractivity contribution < 1.29 is 62.0 Å². The van der Waals surface area contributed by atoms with Crippen molar-refractivity contribution in [2.45, 2.75) is 0 Å². The van der Waals surface area contributed by atoms with Crippen LogP contribution in [0, 0.1) is 0 Å². The van der Waals surface area contributed by atoms with Crippen molar-refractivity contribution in [2.75, 3.05) is 0 Å². The van der Waals surface area contributed by atoms with Crippen molar-refractivity contribution in [1.29, 1.82) is 0 Å². The molecule has 2 N–H and O–H groups in total. The Bertz CT molecular complexity index is 448. The molecule has 0 amide bonds. The number of benzene rings is 1. The molecule has 4 nitrogen and oxygen atoms in total. The minimum atomic E-state index is -0.0188. The molecule has 8 heteroatoms. The van der Waals surface area contributed by atoms with E-state index in [1.807, 2.05) is 0 Å². The molecule has 1 aromatic heterocycles. The van der Waals surface area contributed by atoms with E-state index in [2.05, 4.69) is 10.1 Å². The quantitative estimate of drug-likeness (QED) is 0.437. The summed E-state index contributed by atoms with van der Waals surface area (Å²) in [5, 5.41) is 14.8. The van der Waals surface area contributed by atoms with Crippen molar-refractivity contribution in [3.05, 3.63) is 18.2 Å². The zero-order valence-electron chi connectivity index (χ0n) is 9.02. The van der Waals surface area contributed by atoms with Gasteiger partial charge in [-0.25, -0.2) is 4.98 Å². The first-order valence-electron chi connectivity index (χ1n) is 4.28. The largest absolute Gasteiger partial charge is 0.872 e. The van der Waals surface area contributed by atoms with Crippen molar-refractivity contribution in [1.82, 2.24) is 4.98 Å². The van der Waals surface area contributed by atoms with Gasteiger partial charge in [0.2, 0.25) is 0 Å². The molecule has 0 saturated heterocycles. The summed E-state index contributed by atoms with van der Waals surface area (Å²) in [4.78, 5) is 4.06. The molecule has 2 aromatic rings. The van der Waals surface area contributed by atoms with E-state index in [4.69, 9.17) is 5.53 Å². The summed E-state index contributed by atoms with van der Waals surface area (Å²) in [6.07, 6.45) is 0. The van der Waals surface area contributed by atoms with Crippen molar-refractivity contribution in [3.63, 3.8) is 0 Å². The van der Waals surface area contributed by atoms with Gasteiger partial charge in [0.15, 0.2) is 0 Å². The fraction of sp³-hybridized carbons (Fsp3) is 0. The Labute approximate surface area is 179 Å². The average molecular weight is 296 g/mol. The van der Waals surface area contributed by atoms with Crippen LogP contribution >= 0.6 is 11.3 Å². The van der Waals surface area contributed by atoms with E-state index in [1.165, 1.54) is 86.6 Å². The molecule has 62 valence electrons. The smallest absolute Gasteiger partial charge is 0.275 e. The van der Waals surface area contributed by atoms with Crippen LogP contribution in [0.1, 0.15) is 0 Å². The van der Waals surface area contributed by atoms with Crippen LogP contribution in [-0.4, -0.2) is 68.1 Å². The van der Waals surface area contributed by atoms with Crippen molar-refractivity contribution in [2.24, 2.45) is 5.11 Å². The second-order valence-corrected chi connectivity index (χ2v) is 3.26. The summed E-state index contributed by atoms with van der Waals surface area (Å²) in [7, 11) is 0. The third-order valence-corrected chi connectivity index (χ3v) is 2.39. The van der Waals surface area contributed by atoms with Crippen LogP contribution < -0.4 is 62.0 Å². The number of aromatic nitrogens is 1. The summed E-state index contributed by atoms with van der Waals surface area (Å²) in [6, 6.07) is 4.67. The minimum Gasteiger partial charge on any atom is -0.872 e. The summed E-state index contributed by atoms with van der Waals surface area (Å²) >= 11 is 3.81. The topological polar surface area (TPSA) is 73.9 Å². The Hall–Kier alpha value is 3.42. The Morgan fingerprint density at radius 1 is 1.40 bits per heavy atom. The molecule has 0 atom stereocenters. The molecule has 15 heavy (non-hydrogen) atoms. The molecule has 0 saturated carbocycles. The Kier molecular flexibility index (Phi) is 12.6. The number of thiazole rings is 1. The number of nitrogens with zero attached hydrogens (tertiary/aromatic N) is 2. The number of fused-ring (bicyclic) bond motifs is 1. The minimum absolute atomic E-state index is 0. The summed E-state index contributed by atoms with van der Waals surface area (Å²) in [5.41, 5.74) is 5.81. The number of hydrogen-bond donors (Lipinski definition) is 1. The standard InChI is InChI=1S/C7H5N3OS.3K/c8-10-7-9-5-2-1-4(11)3-6(5)12-7;;;/h1-3,8,11H;;;/q;;;+1.